The highest BCUT2D eigenvalue weighted by molar-refractivity contribution is 5.57. The molecule has 0 fully saturated rings. The lowest BCUT2D eigenvalue weighted by molar-refractivity contribution is 0.306. The van der Waals surface area contributed by atoms with Gasteiger partial charge in [0.25, 0.3) is 0 Å². The summed E-state index contributed by atoms with van der Waals surface area (Å²) in [5.41, 5.74) is 2.05. The maximum Gasteiger partial charge on any atom is 0.244 e. The number of benzene rings is 2. The van der Waals surface area contributed by atoms with Gasteiger partial charge in [-0.2, -0.15) is 10.1 Å². The van der Waals surface area contributed by atoms with E-state index in [-0.39, 0.29) is 0 Å². The van der Waals surface area contributed by atoms with Crippen LogP contribution in [0.4, 0.5) is 17.5 Å². The van der Waals surface area contributed by atoms with E-state index in [0.29, 0.717) is 24.3 Å². The lowest BCUT2D eigenvalue weighted by atomic mass is 10.2. The summed E-state index contributed by atoms with van der Waals surface area (Å²) in [5, 5.41) is 14.4. The molecule has 0 unspecified atom stereocenters. The third-order valence-electron chi connectivity index (χ3n) is 3.60. The quantitative estimate of drug-likeness (QED) is 0.633. The molecule has 2 N–H and O–H groups in total. The first kappa shape index (κ1) is 17.7. The third kappa shape index (κ3) is 5.44. The van der Waals surface area contributed by atoms with Gasteiger partial charge in [-0.05, 0) is 35.7 Å². The van der Waals surface area contributed by atoms with E-state index in [9.17, 15) is 0 Å². The van der Waals surface area contributed by atoms with E-state index in [0.717, 1.165) is 23.5 Å². The molecule has 1 heterocycles. The summed E-state index contributed by atoms with van der Waals surface area (Å²) in [5.74, 6) is 2.49. The fraction of sp³-hybridized carbons (Fsp3) is 0.250. The summed E-state index contributed by atoms with van der Waals surface area (Å²) < 4.78 is 5.79. The smallest absolute Gasteiger partial charge is 0.244 e. The van der Waals surface area contributed by atoms with Crippen LogP contribution in [0.25, 0.3) is 0 Å². The molecule has 6 heteroatoms. The second-order valence-corrected chi connectivity index (χ2v) is 6.36. The van der Waals surface area contributed by atoms with Crippen molar-refractivity contribution in [1.29, 1.82) is 0 Å². The molecule has 0 aliphatic carbocycles. The summed E-state index contributed by atoms with van der Waals surface area (Å²) in [7, 11) is 0. The van der Waals surface area contributed by atoms with Crippen LogP contribution in [-0.4, -0.2) is 21.7 Å². The van der Waals surface area contributed by atoms with E-state index in [1.807, 2.05) is 54.6 Å². The summed E-state index contributed by atoms with van der Waals surface area (Å²) in [6.07, 6.45) is 1.60. The van der Waals surface area contributed by atoms with E-state index in [4.69, 9.17) is 4.74 Å². The van der Waals surface area contributed by atoms with Crippen LogP contribution in [0.2, 0.25) is 0 Å². The van der Waals surface area contributed by atoms with Crippen LogP contribution in [0.5, 0.6) is 5.75 Å². The number of hydrogen-bond donors (Lipinski definition) is 2. The van der Waals surface area contributed by atoms with Crippen molar-refractivity contribution in [2.75, 3.05) is 17.2 Å². The highest BCUT2D eigenvalue weighted by atomic mass is 16.5. The Labute approximate surface area is 153 Å². The lowest BCUT2D eigenvalue weighted by Gasteiger charge is -2.10. The van der Waals surface area contributed by atoms with Gasteiger partial charge in [0.1, 0.15) is 12.4 Å². The van der Waals surface area contributed by atoms with Gasteiger partial charge < -0.3 is 15.4 Å². The summed E-state index contributed by atoms with van der Waals surface area (Å²) in [6, 6.07) is 17.8. The van der Waals surface area contributed by atoms with Crippen molar-refractivity contribution in [3.63, 3.8) is 0 Å². The van der Waals surface area contributed by atoms with Crippen LogP contribution in [0, 0.1) is 5.92 Å². The molecule has 0 atom stereocenters. The van der Waals surface area contributed by atoms with Gasteiger partial charge in [-0.3, -0.25) is 0 Å². The molecule has 26 heavy (non-hydrogen) atoms. The largest absolute Gasteiger partial charge is 0.489 e. The van der Waals surface area contributed by atoms with Gasteiger partial charge in [-0.25, -0.2) is 0 Å². The Balaban J connectivity index is 1.56. The molecule has 0 radical (unpaired) electrons. The Hall–Kier alpha value is -3.15. The Kier molecular flexibility index (Phi) is 5.98. The monoisotopic (exact) mass is 349 g/mol. The summed E-state index contributed by atoms with van der Waals surface area (Å²) in [6.45, 7) is 5.61. The van der Waals surface area contributed by atoms with Gasteiger partial charge in [-0.1, -0.05) is 44.2 Å². The first-order valence-electron chi connectivity index (χ1n) is 8.66. The van der Waals surface area contributed by atoms with Gasteiger partial charge in [0.2, 0.25) is 5.95 Å². The topological polar surface area (TPSA) is 72.0 Å². The maximum absolute atomic E-state index is 5.79. The van der Waals surface area contributed by atoms with Crippen molar-refractivity contribution in [3.8, 4) is 5.75 Å². The molecule has 0 aliphatic rings. The van der Waals surface area contributed by atoms with Crippen molar-refractivity contribution in [2.45, 2.75) is 20.5 Å². The zero-order chi connectivity index (χ0) is 18.2. The SMILES string of the molecule is CC(C)CNc1nncc(Nc2ccc(OCc3ccccc3)cc2)n1. The minimum atomic E-state index is 0.513. The first-order chi connectivity index (χ1) is 12.7. The number of aromatic nitrogens is 3. The molecule has 3 aromatic rings. The Morgan fingerprint density at radius 2 is 1.77 bits per heavy atom. The molecule has 0 amide bonds. The van der Waals surface area contributed by atoms with Crippen LogP contribution in [-0.2, 0) is 6.61 Å². The average molecular weight is 349 g/mol. The molecule has 0 saturated heterocycles. The predicted molar refractivity (Wildman–Crippen MR) is 104 cm³/mol. The minimum Gasteiger partial charge on any atom is -0.489 e. The number of nitrogens with one attached hydrogen (secondary N) is 2. The second kappa shape index (κ2) is 8.80. The van der Waals surface area contributed by atoms with Crippen molar-refractivity contribution >= 4 is 17.5 Å². The fourth-order valence-corrected chi connectivity index (χ4v) is 2.26. The van der Waals surface area contributed by atoms with E-state index in [2.05, 4.69) is 39.7 Å². The van der Waals surface area contributed by atoms with E-state index in [1.54, 1.807) is 6.20 Å². The Morgan fingerprint density at radius 1 is 1.00 bits per heavy atom. The van der Waals surface area contributed by atoms with Crippen LogP contribution in [0.3, 0.4) is 0 Å². The van der Waals surface area contributed by atoms with Crippen molar-refractivity contribution < 1.29 is 4.74 Å². The second-order valence-electron chi connectivity index (χ2n) is 6.36. The molecular weight excluding hydrogens is 326 g/mol. The van der Waals surface area contributed by atoms with Crippen molar-refractivity contribution in [1.82, 2.24) is 15.2 Å². The molecule has 2 aromatic carbocycles. The predicted octanol–water partition coefficient (Wildman–Crippen LogP) is 4.26. The highest BCUT2D eigenvalue weighted by Crippen LogP contribution is 2.20. The number of nitrogens with zero attached hydrogens (tertiary/aromatic N) is 3. The van der Waals surface area contributed by atoms with Gasteiger partial charge in [0, 0.05) is 12.2 Å². The number of rotatable bonds is 8. The minimum absolute atomic E-state index is 0.513. The first-order valence-corrected chi connectivity index (χ1v) is 8.66. The van der Waals surface area contributed by atoms with Crippen LogP contribution in [0.15, 0.2) is 60.8 Å². The van der Waals surface area contributed by atoms with E-state index < -0.39 is 0 Å². The Bertz CT molecular complexity index is 806. The number of anilines is 3. The number of ether oxygens (including phenoxy) is 1. The van der Waals surface area contributed by atoms with Gasteiger partial charge in [0.15, 0.2) is 5.82 Å². The summed E-state index contributed by atoms with van der Waals surface area (Å²) >= 11 is 0. The molecule has 0 bridgehead atoms. The molecule has 6 nitrogen and oxygen atoms in total. The normalized spacial score (nSPS) is 10.6. The Morgan fingerprint density at radius 3 is 2.50 bits per heavy atom. The molecule has 1 aromatic heterocycles. The average Bonchev–Trinajstić information content (AvgIpc) is 2.67. The third-order valence-corrected chi connectivity index (χ3v) is 3.60. The maximum atomic E-state index is 5.79. The van der Waals surface area contributed by atoms with Crippen LogP contribution >= 0.6 is 0 Å². The zero-order valence-electron chi connectivity index (χ0n) is 15.0. The molecule has 0 aliphatic heterocycles. The lowest BCUT2D eigenvalue weighted by Crippen LogP contribution is -2.11. The van der Waals surface area contributed by atoms with Gasteiger partial charge in [-0.15, -0.1) is 5.10 Å². The molecular formula is C20H23N5O. The van der Waals surface area contributed by atoms with Crippen molar-refractivity contribution in [3.05, 3.63) is 66.4 Å². The van der Waals surface area contributed by atoms with Gasteiger partial charge >= 0.3 is 0 Å². The highest BCUT2D eigenvalue weighted by Gasteiger charge is 2.03. The van der Waals surface area contributed by atoms with Crippen molar-refractivity contribution in [2.24, 2.45) is 5.92 Å². The fourth-order valence-electron chi connectivity index (χ4n) is 2.26. The van der Waals surface area contributed by atoms with Crippen LogP contribution in [0.1, 0.15) is 19.4 Å². The standard InChI is InChI=1S/C20H23N5O/c1-15(2)12-21-20-24-19(13-22-25-20)23-17-8-10-18(11-9-17)26-14-16-6-4-3-5-7-16/h3-11,13,15H,12,14H2,1-2H3,(H2,21,23,24,25). The zero-order valence-corrected chi connectivity index (χ0v) is 15.0. The van der Waals surface area contributed by atoms with Gasteiger partial charge in [0.05, 0.1) is 6.20 Å². The van der Waals surface area contributed by atoms with Crippen LogP contribution < -0.4 is 15.4 Å². The van der Waals surface area contributed by atoms with E-state index in [1.165, 1.54) is 0 Å². The molecule has 3 rings (SSSR count). The molecule has 0 saturated carbocycles. The molecule has 134 valence electrons. The summed E-state index contributed by atoms with van der Waals surface area (Å²) in [4.78, 5) is 4.41. The molecule has 0 spiro atoms. The number of hydrogen-bond acceptors (Lipinski definition) is 6. The van der Waals surface area contributed by atoms with E-state index >= 15 is 0 Å².